The van der Waals surface area contributed by atoms with Crippen molar-refractivity contribution < 1.29 is 23.5 Å². The molecule has 2 aromatic carbocycles. The molecule has 10 heteroatoms. The van der Waals surface area contributed by atoms with Gasteiger partial charge in [0.05, 0.1) is 17.4 Å². The van der Waals surface area contributed by atoms with E-state index in [-0.39, 0.29) is 11.5 Å². The summed E-state index contributed by atoms with van der Waals surface area (Å²) in [5.41, 5.74) is 8.18. The third-order valence-electron chi connectivity index (χ3n) is 10.2. The monoisotopic (exact) mass is 703 g/mol. The number of aldehydes is 1. The summed E-state index contributed by atoms with van der Waals surface area (Å²) in [6, 6.07) is 14.3. The average Bonchev–Trinajstić information content (AvgIpc) is 3.48. The van der Waals surface area contributed by atoms with Gasteiger partial charge >= 0.3 is 5.97 Å². The molecular formula is C42H49N5O5. The van der Waals surface area contributed by atoms with Crippen LogP contribution in [0.1, 0.15) is 100 Å². The number of pyridine rings is 1. The Morgan fingerprint density at radius 1 is 1.00 bits per heavy atom. The number of furan rings is 1. The summed E-state index contributed by atoms with van der Waals surface area (Å²) in [6.07, 6.45) is 3.78. The van der Waals surface area contributed by atoms with Crippen molar-refractivity contribution in [2.45, 2.75) is 99.0 Å². The third-order valence-corrected chi connectivity index (χ3v) is 10.2. The number of anilines is 2. The number of aryl methyl sites for hydroxylation is 1. The molecule has 5 heterocycles. The lowest BCUT2D eigenvalue weighted by Crippen LogP contribution is -2.39. The summed E-state index contributed by atoms with van der Waals surface area (Å²) >= 11 is 0. The van der Waals surface area contributed by atoms with Gasteiger partial charge < -0.3 is 23.7 Å². The topological polar surface area (TPSA) is 111 Å². The van der Waals surface area contributed by atoms with E-state index in [0.717, 1.165) is 84.3 Å². The Morgan fingerprint density at radius 3 is 2.46 bits per heavy atom. The molecule has 1 saturated heterocycles. The van der Waals surface area contributed by atoms with Crippen LogP contribution in [0, 0.1) is 12.3 Å². The van der Waals surface area contributed by atoms with Crippen LogP contribution in [0.15, 0.2) is 53.2 Å². The minimum atomic E-state index is -1.03. The number of nitrogens with zero attached hydrogens (tertiary/aromatic N) is 5. The van der Waals surface area contributed by atoms with Gasteiger partial charge in [0.1, 0.15) is 23.1 Å². The van der Waals surface area contributed by atoms with Crippen molar-refractivity contribution in [3.63, 3.8) is 0 Å². The van der Waals surface area contributed by atoms with Crippen molar-refractivity contribution in [2.24, 2.45) is 5.41 Å². The molecule has 0 spiro atoms. The zero-order valence-corrected chi connectivity index (χ0v) is 31.6. The Bertz CT molecular complexity index is 2150. The second-order valence-electron chi connectivity index (χ2n) is 16.2. The van der Waals surface area contributed by atoms with Crippen molar-refractivity contribution in [1.29, 1.82) is 0 Å². The van der Waals surface area contributed by atoms with Crippen LogP contribution in [0.4, 0.5) is 11.5 Å². The van der Waals surface area contributed by atoms with Gasteiger partial charge in [0, 0.05) is 48.4 Å². The number of carbonyl (C=O) groups is 2. The first-order chi connectivity index (χ1) is 24.7. The highest BCUT2D eigenvalue weighted by atomic mass is 16.6. The van der Waals surface area contributed by atoms with Crippen LogP contribution in [0.2, 0.25) is 0 Å². The number of hydrogen-bond acceptors (Lipinski definition) is 10. The van der Waals surface area contributed by atoms with Gasteiger partial charge in [-0.05, 0) is 95.0 Å². The molecule has 1 unspecified atom stereocenters. The number of fused-ring (bicyclic) bond motifs is 4. The standard InChI is InChI=1S/C42H49N5O5/c1-25(2)50-40(49)37(52-41(4,5)6)33-26(3)45-31(23-48)34(36(33)46-19-16-42(7,8)17-20-46)28-13-14-29-22-47(18-15-27(29)21-28)39-38-35(43-24-44-39)30-11-9-10-12-32(30)51-38/h9-14,21,23-25,37H,15-20,22H2,1-8H3. The van der Waals surface area contributed by atoms with Crippen LogP contribution in [0.25, 0.3) is 33.2 Å². The second-order valence-corrected chi connectivity index (χ2v) is 16.2. The number of ether oxygens (including phenoxy) is 2. The summed E-state index contributed by atoms with van der Waals surface area (Å²) in [7, 11) is 0. The lowest BCUT2D eigenvalue weighted by Gasteiger charge is -2.41. The number of esters is 1. The Hall–Kier alpha value is -4.83. The molecule has 0 radical (unpaired) electrons. The van der Waals surface area contributed by atoms with Gasteiger partial charge in [0.25, 0.3) is 0 Å². The first-order valence-corrected chi connectivity index (χ1v) is 18.4. The van der Waals surface area contributed by atoms with Crippen LogP contribution < -0.4 is 9.80 Å². The zero-order chi connectivity index (χ0) is 36.9. The van der Waals surface area contributed by atoms with Gasteiger partial charge in [-0.1, -0.05) is 44.2 Å². The summed E-state index contributed by atoms with van der Waals surface area (Å²) in [4.78, 5) is 45.5. The molecule has 272 valence electrons. The van der Waals surface area contributed by atoms with E-state index in [0.29, 0.717) is 29.1 Å². The molecule has 2 aliphatic heterocycles. The van der Waals surface area contributed by atoms with Crippen molar-refractivity contribution in [2.75, 3.05) is 29.4 Å². The van der Waals surface area contributed by atoms with Crippen LogP contribution >= 0.6 is 0 Å². The summed E-state index contributed by atoms with van der Waals surface area (Å²) < 4.78 is 18.6. The Balaban J connectivity index is 1.34. The minimum absolute atomic E-state index is 0.180. The van der Waals surface area contributed by atoms with Crippen molar-refractivity contribution in [3.8, 4) is 11.1 Å². The van der Waals surface area contributed by atoms with Gasteiger partial charge in [0.2, 0.25) is 0 Å². The fourth-order valence-corrected chi connectivity index (χ4v) is 7.57. The normalized spacial score (nSPS) is 16.7. The predicted octanol–water partition coefficient (Wildman–Crippen LogP) is 8.56. The Morgan fingerprint density at radius 2 is 1.75 bits per heavy atom. The Labute approximate surface area is 305 Å². The van der Waals surface area contributed by atoms with Crippen LogP contribution in [-0.2, 0) is 27.2 Å². The molecular weight excluding hydrogens is 654 g/mol. The van der Waals surface area contributed by atoms with Gasteiger partial charge in [-0.2, -0.15) is 0 Å². The summed E-state index contributed by atoms with van der Waals surface area (Å²) in [6.45, 7) is 18.8. The van der Waals surface area contributed by atoms with E-state index < -0.39 is 17.7 Å². The van der Waals surface area contributed by atoms with Gasteiger partial charge in [0.15, 0.2) is 23.8 Å². The Kier molecular flexibility index (Phi) is 9.31. The number of hydrogen-bond donors (Lipinski definition) is 0. The summed E-state index contributed by atoms with van der Waals surface area (Å²) in [5.74, 6) is 0.312. The molecule has 7 rings (SSSR count). The molecule has 3 aromatic heterocycles. The van der Waals surface area contributed by atoms with Crippen molar-refractivity contribution in [3.05, 3.63) is 76.9 Å². The molecule has 0 saturated carbocycles. The molecule has 1 atom stereocenters. The molecule has 10 nitrogen and oxygen atoms in total. The van der Waals surface area contributed by atoms with Gasteiger partial charge in [-0.15, -0.1) is 0 Å². The number of benzene rings is 2. The number of aromatic nitrogens is 3. The average molecular weight is 704 g/mol. The third kappa shape index (κ3) is 6.88. The molecule has 2 aliphatic rings. The highest BCUT2D eigenvalue weighted by Gasteiger charge is 2.38. The smallest absolute Gasteiger partial charge is 0.340 e. The fourth-order valence-electron chi connectivity index (χ4n) is 7.57. The number of piperidine rings is 1. The highest BCUT2D eigenvalue weighted by Crippen LogP contribution is 2.46. The highest BCUT2D eigenvalue weighted by molar-refractivity contribution is 6.05. The molecule has 0 bridgehead atoms. The molecule has 5 aromatic rings. The maximum absolute atomic E-state index is 13.9. The lowest BCUT2D eigenvalue weighted by molar-refractivity contribution is -0.171. The number of rotatable bonds is 8. The first-order valence-electron chi connectivity index (χ1n) is 18.4. The molecule has 0 amide bonds. The minimum Gasteiger partial charge on any atom is -0.461 e. The van der Waals surface area contributed by atoms with E-state index in [9.17, 15) is 9.59 Å². The van der Waals surface area contributed by atoms with Crippen molar-refractivity contribution >= 4 is 45.8 Å². The van der Waals surface area contributed by atoms with Crippen LogP contribution in [0.3, 0.4) is 0 Å². The molecule has 0 aliphatic carbocycles. The molecule has 1 fully saturated rings. The van der Waals surface area contributed by atoms with Gasteiger partial charge in [-0.3, -0.25) is 4.79 Å². The lowest BCUT2D eigenvalue weighted by atomic mass is 9.81. The SMILES string of the molecule is Cc1nc(C=O)c(-c2ccc3c(c2)CCN(c2ncnc4c2oc2ccccc24)C3)c(N2CCC(C)(C)CC2)c1C(OC(C)(C)C)C(=O)OC(C)C. The largest absolute Gasteiger partial charge is 0.461 e. The number of carbonyl (C=O) groups excluding carboxylic acids is 2. The van der Waals surface area contributed by atoms with Crippen molar-refractivity contribution in [1.82, 2.24) is 15.0 Å². The summed E-state index contributed by atoms with van der Waals surface area (Å²) in [5, 5.41) is 0.973. The maximum Gasteiger partial charge on any atom is 0.340 e. The van der Waals surface area contributed by atoms with Crippen LogP contribution in [-0.4, -0.2) is 58.5 Å². The number of para-hydroxylation sites is 1. The van der Waals surface area contributed by atoms with E-state index in [1.807, 2.05) is 65.8 Å². The predicted molar refractivity (Wildman–Crippen MR) is 204 cm³/mol. The molecule has 0 N–H and O–H groups in total. The van der Waals surface area contributed by atoms with Crippen LogP contribution in [0.5, 0.6) is 0 Å². The van der Waals surface area contributed by atoms with E-state index in [4.69, 9.17) is 18.9 Å². The zero-order valence-electron chi connectivity index (χ0n) is 31.6. The second kappa shape index (κ2) is 13.6. The van der Waals surface area contributed by atoms with E-state index in [1.54, 1.807) is 6.33 Å². The van der Waals surface area contributed by atoms with E-state index >= 15 is 0 Å². The molecule has 52 heavy (non-hydrogen) atoms. The first kappa shape index (κ1) is 35.6. The van der Waals surface area contributed by atoms with E-state index in [2.05, 4.69) is 51.8 Å². The maximum atomic E-state index is 13.9. The van der Waals surface area contributed by atoms with Gasteiger partial charge in [-0.25, -0.2) is 19.7 Å². The fraction of sp³-hybridized carbons (Fsp3) is 0.452. The quantitative estimate of drug-likeness (QED) is 0.115. The van der Waals surface area contributed by atoms with E-state index in [1.165, 1.54) is 11.1 Å².